The maximum Gasteiger partial charge on any atom is 0.268 e. The number of hydrogen-bond acceptors (Lipinski definition) is 4. The predicted octanol–water partition coefficient (Wildman–Crippen LogP) is 5.15. The predicted molar refractivity (Wildman–Crippen MR) is 115 cm³/mol. The van der Waals surface area contributed by atoms with Crippen LogP contribution in [0.25, 0.3) is 27.0 Å². The van der Waals surface area contributed by atoms with E-state index in [-0.39, 0.29) is 5.56 Å². The minimum Gasteiger partial charge on any atom is -0.268 e. The third kappa shape index (κ3) is 3.18. The van der Waals surface area contributed by atoms with E-state index < -0.39 is 0 Å². The van der Waals surface area contributed by atoms with E-state index >= 15 is 0 Å². The Morgan fingerprint density at radius 3 is 2.44 bits per heavy atom. The fourth-order valence-corrected chi connectivity index (χ4v) is 4.88. The Balaban J connectivity index is 2.07. The smallest absolute Gasteiger partial charge is 0.268 e. The molecule has 4 rings (SSSR count). The zero-order valence-corrected chi connectivity index (χ0v) is 16.3. The Hall–Kier alpha value is -2.81. The summed E-state index contributed by atoms with van der Waals surface area (Å²) in [4.78, 5) is 20.2. The van der Waals surface area contributed by atoms with Crippen molar-refractivity contribution in [3.8, 4) is 29.2 Å². The van der Waals surface area contributed by atoms with Gasteiger partial charge in [-0.25, -0.2) is 4.98 Å². The summed E-state index contributed by atoms with van der Waals surface area (Å²) in [7, 11) is 0. The molecular weight excluding hydrogens is 372 g/mol. The average molecular weight is 389 g/mol. The van der Waals surface area contributed by atoms with Crippen molar-refractivity contribution in [1.82, 2.24) is 9.55 Å². The van der Waals surface area contributed by atoms with Crippen LogP contribution in [0.15, 0.2) is 70.6 Å². The zero-order valence-electron chi connectivity index (χ0n) is 14.7. The van der Waals surface area contributed by atoms with Gasteiger partial charge in [-0.1, -0.05) is 66.2 Å². The summed E-state index contributed by atoms with van der Waals surface area (Å²) in [5.74, 6) is 3.07. The van der Waals surface area contributed by atoms with Crippen LogP contribution in [-0.4, -0.2) is 15.3 Å². The highest BCUT2D eigenvalue weighted by molar-refractivity contribution is 7.99. The van der Waals surface area contributed by atoms with Gasteiger partial charge in [-0.3, -0.25) is 9.36 Å². The summed E-state index contributed by atoms with van der Waals surface area (Å²) in [5.41, 5.74) is 2.73. The molecule has 0 amide bonds. The number of hydrogen-bond donors (Lipinski definition) is 0. The van der Waals surface area contributed by atoms with Crippen molar-refractivity contribution in [2.75, 3.05) is 5.75 Å². The van der Waals surface area contributed by atoms with E-state index in [0.29, 0.717) is 16.3 Å². The van der Waals surface area contributed by atoms with Crippen LogP contribution in [0.4, 0.5) is 0 Å². The van der Waals surface area contributed by atoms with Gasteiger partial charge in [0.15, 0.2) is 5.16 Å². The van der Waals surface area contributed by atoms with Crippen molar-refractivity contribution in [3.05, 3.63) is 75.9 Å². The van der Waals surface area contributed by atoms with Crippen molar-refractivity contribution >= 4 is 33.3 Å². The van der Waals surface area contributed by atoms with Gasteiger partial charge in [-0.05, 0) is 24.6 Å². The molecule has 0 N–H and O–H groups in total. The van der Waals surface area contributed by atoms with Crippen LogP contribution in [0.2, 0.25) is 0 Å². The summed E-state index contributed by atoms with van der Waals surface area (Å²) < 4.78 is 1.67. The molecule has 0 aliphatic heterocycles. The summed E-state index contributed by atoms with van der Waals surface area (Å²) in [6.07, 6.45) is 5.44. The van der Waals surface area contributed by atoms with E-state index in [1.54, 1.807) is 15.9 Å². The number of benzene rings is 2. The Kier molecular flexibility index (Phi) is 4.85. The second kappa shape index (κ2) is 7.43. The van der Waals surface area contributed by atoms with Gasteiger partial charge in [0.1, 0.15) is 4.83 Å². The lowest BCUT2D eigenvalue weighted by molar-refractivity contribution is 0.824. The van der Waals surface area contributed by atoms with Crippen molar-refractivity contribution < 1.29 is 0 Å². The quantitative estimate of drug-likeness (QED) is 0.276. The minimum absolute atomic E-state index is 0.0612. The number of thioether (sulfide) groups is 1. The average Bonchev–Trinajstić information content (AvgIpc) is 3.04. The maximum absolute atomic E-state index is 13.6. The summed E-state index contributed by atoms with van der Waals surface area (Å²) in [5, 5.41) is 1.29. The maximum atomic E-state index is 13.6. The number of fused-ring (bicyclic) bond motifs is 1. The summed E-state index contributed by atoms with van der Waals surface area (Å²) >= 11 is 2.95. The van der Waals surface area contributed by atoms with Gasteiger partial charge in [-0.2, -0.15) is 0 Å². The molecule has 3 nitrogen and oxygen atoms in total. The highest BCUT2D eigenvalue weighted by Crippen LogP contribution is 2.36. The topological polar surface area (TPSA) is 34.9 Å². The molecule has 0 aliphatic carbocycles. The van der Waals surface area contributed by atoms with E-state index in [4.69, 9.17) is 11.4 Å². The monoisotopic (exact) mass is 388 g/mol. The molecular formula is C22H16N2OS2. The molecule has 2 aromatic heterocycles. The fraction of sp³-hybridized carbons (Fsp3) is 0.0909. The van der Waals surface area contributed by atoms with E-state index in [0.717, 1.165) is 26.5 Å². The first kappa shape index (κ1) is 17.6. The van der Waals surface area contributed by atoms with E-state index in [1.165, 1.54) is 11.8 Å². The van der Waals surface area contributed by atoms with Crippen LogP contribution < -0.4 is 5.56 Å². The number of aryl methyl sites for hydroxylation is 1. The lowest BCUT2D eigenvalue weighted by Gasteiger charge is -2.11. The summed E-state index contributed by atoms with van der Waals surface area (Å²) in [6.45, 7) is 2.04. The number of para-hydroxylation sites is 1. The third-order valence-electron chi connectivity index (χ3n) is 4.23. The second-order valence-corrected chi connectivity index (χ2v) is 8.09. The highest BCUT2D eigenvalue weighted by Gasteiger charge is 2.20. The Morgan fingerprint density at radius 2 is 1.78 bits per heavy atom. The normalized spacial score (nSPS) is 10.8. The molecule has 0 atom stereocenters. The van der Waals surface area contributed by atoms with Gasteiger partial charge < -0.3 is 0 Å². The number of terminal acetylenes is 1. The van der Waals surface area contributed by atoms with Gasteiger partial charge in [-0.15, -0.1) is 17.8 Å². The van der Waals surface area contributed by atoms with E-state index in [1.807, 2.05) is 67.6 Å². The Morgan fingerprint density at radius 1 is 1.11 bits per heavy atom. The molecule has 5 heteroatoms. The molecule has 132 valence electrons. The molecule has 0 saturated carbocycles. The van der Waals surface area contributed by atoms with Crippen molar-refractivity contribution in [1.29, 1.82) is 0 Å². The van der Waals surface area contributed by atoms with Gasteiger partial charge >= 0.3 is 0 Å². The van der Waals surface area contributed by atoms with Crippen LogP contribution in [0, 0.1) is 19.3 Å². The molecule has 0 spiro atoms. The first-order valence-corrected chi connectivity index (χ1v) is 10.2. The van der Waals surface area contributed by atoms with Gasteiger partial charge in [0.05, 0.1) is 16.8 Å². The molecule has 27 heavy (non-hydrogen) atoms. The van der Waals surface area contributed by atoms with Crippen LogP contribution in [-0.2, 0) is 0 Å². The SMILES string of the molecule is C#CCSc1nc2sc(C)c(-c3ccccc3)c2c(=O)n1-c1ccccc1. The molecule has 0 aliphatic rings. The molecule has 4 aromatic rings. The lowest BCUT2D eigenvalue weighted by atomic mass is 10.0. The Labute approximate surface area is 165 Å². The fourth-order valence-electron chi connectivity index (χ4n) is 3.10. The zero-order chi connectivity index (χ0) is 18.8. The van der Waals surface area contributed by atoms with Gasteiger partial charge in [0.2, 0.25) is 0 Å². The van der Waals surface area contributed by atoms with Crippen LogP contribution in [0.1, 0.15) is 4.88 Å². The number of aromatic nitrogens is 2. The van der Waals surface area contributed by atoms with Crippen LogP contribution in [0.5, 0.6) is 0 Å². The molecule has 2 aromatic carbocycles. The van der Waals surface area contributed by atoms with Crippen LogP contribution >= 0.6 is 23.1 Å². The van der Waals surface area contributed by atoms with Crippen molar-refractivity contribution in [2.45, 2.75) is 12.1 Å². The molecule has 0 fully saturated rings. The highest BCUT2D eigenvalue weighted by atomic mass is 32.2. The first-order valence-electron chi connectivity index (χ1n) is 8.44. The first-order chi connectivity index (χ1) is 13.2. The standard InChI is InChI=1S/C22H16N2OS2/c1-3-14-26-22-23-20-19(21(25)24(22)17-12-8-5-9-13-17)18(15(2)27-20)16-10-6-4-7-11-16/h1,4-13H,14H2,2H3. The van der Waals surface area contributed by atoms with Crippen molar-refractivity contribution in [2.24, 2.45) is 0 Å². The van der Waals surface area contributed by atoms with Gasteiger partial charge in [0.25, 0.3) is 5.56 Å². The Bertz CT molecular complexity index is 1200. The molecule has 2 heterocycles. The molecule has 0 unspecified atom stereocenters. The van der Waals surface area contributed by atoms with Gasteiger partial charge in [0, 0.05) is 10.4 Å². The van der Waals surface area contributed by atoms with Crippen molar-refractivity contribution in [3.63, 3.8) is 0 Å². The number of nitrogens with zero attached hydrogens (tertiary/aromatic N) is 2. The lowest BCUT2D eigenvalue weighted by Crippen LogP contribution is -2.21. The largest absolute Gasteiger partial charge is 0.268 e. The molecule has 0 radical (unpaired) electrons. The van der Waals surface area contributed by atoms with E-state index in [9.17, 15) is 4.79 Å². The van der Waals surface area contributed by atoms with Crippen LogP contribution in [0.3, 0.4) is 0 Å². The molecule has 0 bridgehead atoms. The minimum atomic E-state index is -0.0612. The van der Waals surface area contributed by atoms with E-state index in [2.05, 4.69) is 5.92 Å². The summed E-state index contributed by atoms with van der Waals surface area (Å²) in [6, 6.07) is 19.6. The number of thiophene rings is 1. The number of rotatable bonds is 4. The second-order valence-electron chi connectivity index (χ2n) is 5.94. The molecule has 0 saturated heterocycles. The third-order valence-corrected chi connectivity index (χ3v) is 6.07.